The topological polar surface area (TPSA) is 81.8 Å². The van der Waals surface area contributed by atoms with Crippen molar-refractivity contribution in [3.8, 4) is 17.6 Å². The number of β-amino-alcohol motifs (C(OH)–C–C–N with tert-alkyl or cyclic N) is 1. The van der Waals surface area contributed by atoms with Gasteiger partial charge in [-0.3, -0.25) is 4.90 Å². The van der Waals surface area contributed by atoms with Crippen molar-refractivity contribution in [2.24, 2.45) is 0 Å². The number of rotatable bonds is 7. The lowest BCUT2D eigenvalue weighted by Gasteiger charge is -2.36. The van der Waals surface area contributed by atoms with Crippen LogP contribution < -0.4 is 14.4 Å². The van der Waals surface area contributed by atoms with Crippen LogP contribution in [0.15, 0.2) is 42.6 Å². The summed E-state index contributed by atoms with van der Waals surface area (Å²) in [6.07, 6.45) is 1.14. The molecule has 1 atom stereocenters. The molecule has 1 aromatic carbocycles. The summed E-state index contributed by atoms with van der Waals surface area (Å²) in [5, 5.41) is 19.5. The maximum atomic E-state index is 10.3. The Bertz CT molecular complexity index is 768. The average molecular weight is 368 g/mol. The van der Waals surface area contributed by atoms with Crippen LogP contribution in [0.25, 0.3) is 0 Å². The molecule has 0 amide bonds. The Kier molecular flexibility index (Phi) is 6.47. The number of anilines is 1. The Morgan fingerprint density at radius 2 is 1.85 bits per heavy atom. The third-order valence-corrected chi connectivity index (χ3v) is 4.55. The van der Waals surface area contributed by atoms with E-state index in [2.05, 4.69) is 20.9 Å². The molecule has 0 saturated carbocycles. The van der Waals surface area contributed by atoms with Gasteiger partial charge in [-0.1, -0.05) is 0 Å². The molecular weight excluding hydrogens is 344 g/mol. The summed E-state index contributed by atoms with van der Waals surface area (Å²) in [5.74, 6) is 2.22. The molecule has 1 saturated heterocycles. The van der Waals surface area contributed by atoms with Gasteiger partial charge in [-0.25, -0.2) is 4.98 Å². The lowest BCUT2D eigenvalue weighted by Crippen LogP contribution is -2.49. The fourth-order valence-corrected chi connectivity index (χ4v) is 3.09. The van der Waals surface area contributed by atoms with Crippen LogP contribution >= 0.6 is 0 Å². The molecule has 1 fully saturated rings. The van der Waals surface area contributed by atoms with Crippen LogP contribution in [0, 0.1) is 11.3 Å². The second kappa shape index (κ2) is 9.21. The van der Waals surface area contributed by atoms with E-state index in [0.717, 1.165) is 37.7 Å². The highest BCUT2D eigenvalue weighted by atomic mass is 16.5. The van der Waals surface area contributed by atoms with Crippen LogP contribution in [0.4, 0.5) is 5.82 Å². The second-order valence-corrected chi connectivity index (χ2v) is 6.41. The number of methoxy groups -OCH3 is 1. The summed E-state index contributed by atoms with van der Waals surface area (Å²) < 4.78 is 10.8. The molecule has 7 nitrogen and oxygen atoms in total. The van der Waals surface area contributed by atoms with Gasteiger partial charge >= 0.3 is 0 Å². The molecule has 1 aliphatic rings. The molecule has 0 spiro atoms. The second-order valence-electron chi connectivity index (χ2n) is 6.41. The largest absolute Gasteiger partial charge is 0.497 e. The van der Waals surface area contributed by atoms with Gasteiger partial charge < -0.3 is 19.5 Å². The SMILES string of the molecule is COc1ccc(OC[C@@H](O)CN2CCN(c3ncccc3C#N)CC2)cc1. The van der Waals surface area contributed by atoms with Gasteiger partial charge in [0.15, 0.2) is 0 Å². The average Bonchev–Trinajstić information content (AvgIpc) is 2.73. The van der Waals surface area contributed by atoms with E-state index < -0.39 is 6.10 Å². The van der Waals surface area contributed by atoms with E-state index in [1.54, 1.807) is 25.4 Å². The standard InChI is InChI=1S/C20H24N4O3/c1-26-18-4-6-19(7-5-18)27-15-17(25)14-23-9-11-24(12-10-23)20-16(13-21)3-2-8-22-20/h2-8,17,25H,9-12,14-15H2,1H3/t17-/m0/s1. The molecule has 7 heteroatoms. The van der Waals surface area contributed by atoms with Crippen molar-refractivity contribution in [1.29, 1.82) is 5.26 Å². The van der Waals surface area contributed by atoms with Crippen molar-refractivity contribution in [1.82, 2.24) is 9.88 Å². The zero-order chi connectivity index (χ0) is 19.1. The predicted molar refractivity (Wildman–Crippen MR) is 102 cm³/mol. The van der Waals surface area contributed by atoms with Crippen molar-refractivity contribution in [2.45, 2.75) is 6.10 Å². The van der Waals surface area contributed by atoms with Crippen LogP contribution in [0.5, 0.6) is 11.5 Å². The van der Waals surface area contributed by atoms with E-state index in [1.165, 1.54) is 0 Å². The lowest BCUT2D eigenvalue weighted by atomic mass is 10.2. The van der Waals surface area contributed by atoms with E-state index in [9.17, 15) is 10.4 Å². The number of nitriles is 1. The number of aromatic nitrogens is 1. The Hall–Kier alpha value is -2.82. The number of pyridine rings is 1. The highest BCUT2D eigenvalue weighted by molar-refractivity contribution is 5.53. The fraction of sp³-hybridized carbons (Fsp3) is 0.400. The minimum absolute atomic E-state index is 0.241. The van der Waals surface area contributed by atoms with Gasteiger partial charge in [0.05, 0.1) is 12.7 Å². The van der Waals surface area contributed by atoms with Crippen molar-refractivity contribution >= 4 is 5.82 Å². The van der Waals surface area contributed by atoms with Crippen LogP contribution in [0.1, 0.15) is 5.56 Å². The minimum Gasteiger partial charge on any atom is -0.497 e. The van der Waals surface area contributed by atoms with E-state index >= 15 is 0 Å². The highest BCUT2D eigenvalue weighted by Crippen LogP contribution is 2.19. The quantitative estimate of drug-likeness (QED) is 0.793. The third kappa shape index (κ3) is 5.09. The number of nitrogens with zero attached hydrogens (tertiary/aromatic N) is 4. The smallest absolute Gasteiger partial charge is 0.146 e. The van der Waals surface area contributed by atoms with E-state index in [4.69, 9.17) is 9.47 Å². The lowest BCUT2D eigenvalue weighted by molar-refractivity contribution is 0.0662. The summed E-state index contributed by atoms with van der Waals surface area (Å²) in [5.41, 5.74) is 0.596. The molecule has 2 aromatic rings. The van der Waals surface area contributed by atoms with Gasteiger partial charge in [-0.05, 0) is 36.4 Å². The number of piperazine rings is 1. The molecule has 2 heterocycles. The summed E-state index contributed by atoms with van der Waals surface area (Å²) >= 11 is 0. The summed E-state index contributed by atoms with van der Waals surface area (Å²) in [7, 11) is 1.62. The van der Waals surface area contributed by atoms with Gasteiger partial charge in [-0.15, -0.1) is 0 Å². The molecule has 0 bridgehead atoms. The monoisotopic (exact) mass is 368 g/mol. The van der Waals surface area contributed by atoms with Gasteiger partial charge in [0.1, 0.15) is 36.1 Å². The molecule has 0 unspecified atom stereocenters. The highest BCUT2D eigenvalue weighted by Gasteiger charge is 2.21. The predicted octanol–water partition coefficient (Wildman–Crippen LogP) is 1.52. The Balaban J connectivity index is 1.43. The molecule has 142 valence electrons. The molecule has 3 rings (SSSR count). The van der Waals surface area contributed by atoms with Crippen molar-refractivity contribution in [3.63, 3.8) is 0 Å². The number of benzene rings is 1. The number of aliphatic hydroxyl groups is 1. The molecule has 27 heavy (non-hydrogen) atoms. The number of hydrogen-bond donors (Lipinski definition) is 1. The summed E-state index contributed by atoms with van der Waals surface area (Å²) in [6, 6.07) is 13.1. The Morgan fingerprint density at radius 3 is 2.52 bits per heavy atom. The van der Waals surface area contributed by atoms with Crippen molar-refractivity contribution in [2.75, 3.05) is 51.3 Å². The van der Waals surface area contributed by atoms with Gasteiger partial charge in [0.25, 0.3) is 0 Å². The van der Waals surface area contributed by atoms with Crippen LogP contribution in [-0.2, 0) is 0 Å². The van der Waals surface area contributed by atoms with Gasteiger partial charge in [0, 0.05) is 38.9 Å². The van der Waals surface area contributed by atoms with Crippen LogP contribution in [-0.4, -0.2) is 67.5 Å². The van der Waals surface area contributed by atoms with E-state index in [-0.39, 0.29) is 6.61 Å². The van der Waals surface area contributed by atoms with E-state index in [1.807, 2.05) is 24.3 Å². The van der Waals surface area contributed by atoms with Crippen LogP contribution in [0.3, 0.4) is 0 Å². The molecule has 0 aliphatic carbocycles. The third-order valence-electron chi connectivity index (χ3n) is 4.55. The summed E-state index contributed by atoms with van der Waals surface area (Å²) in [4.78, 5) is 8.66. The maximum Gasteiger partial charge on any atom is 0.146 e. The Labute approximate surface area is 159 Å². The van der Waals surface area contributed by atoms with Crippen LogP contribution in [0.2, 0.25) is 0 Å². The molecule has 0 radical (unpaired) electrons. The summed E-state index contributed by atoms with van der Waals surface area (Å²) in [6.45, 7) is 3.96. The zero-order valence-electron chi connectivity index (χ0n) is 15.4. The van der Waals surface area contributed by atoms with E-state index in [0.29, 0.717) is 17.9 Å². The first kappa shape index (κ1) is 19.0. The number of aliphatic hydroxyl groups excluding tert-OH is 1. The Morgan fingerprint density at radius 1 is 1.15 bits per heavy atom. The van der Waals surface area contributed by atoms with Gasteiger partial charge in [0.2, 0.25) is 0 Å². The number of hydrogen-bond acceptors (Lipinski definition) is 7. The van der Waals surface area contributed by atoms with Gasteiger partial charge in [-0.2, -0.15) is 5.26 Å². The maximum absolute atomic E-state index is 10.3. The van der Waals surface area contributed by atoms with Crippen molar-refractivity contribution in [3.05, 3.63) is 48.2 Å². The first-order valence-corrected chi connectivity index (χ1v) is 8.97. The normalized spacial score (nSPS) is 15.8. The van der Waals surface area contributed by atoms with Crippen molar-refractivity contribution < 1.29 is 14.6 Å². The molecule has 1 aromatic heterocycles. The first-order valence-electron chi connectivity index (χ1n) is 8.97. The molecule has 1 N–H and O–H groups in total. The minimum atomic E-state index is -0.567. The molecular formula is C20H24N4O3. The first-order chi connectivity index (χ1) is 13.2. The molecule has 1 aliphatic heterocycles. The number of ether oxygens (including phenoxy) is 2. The zero-order valence-corrected chi connectivity index (χ0v) is 15.4. The fourth-order valence-electron chi connectivity index (χ4n) is 3.09.